The van der Waals surface area contributed by atoms with E-state index in [0.717, 1.165) is 72.4 Å². The van der Waals surface area contributed by atoms with Crippen molar-refractivity contribution in [3.8, 4) is 22.8 Å². The highest BCUT2D eigenvalue weighted by molar-refractivity contribution is 7.08. The molecule has 4 aromatic rings. The van der Waals surface area contributed by atoms with Gasteiger partial charge < -0.3 is 25.0 Å². The van der Waals surface area contributed by atoms with Crippen molar-refractivity contribution in [1.29, 1.82) is 0 Å². The first-order chi connectivity index (χ1) is 18.5. The minimum atomic E-state index is -0.478. The van der Waals surface area contributed by atoms with Crippen LogP contribution in [0, 0.1) is 0 Å². The third-order valence-corrected chi connectivity index (χ3v) is 7.77. The molecule has 0 saturated carbocycles. The van der Waals surface area contributed by atoms with Gasteiger partial charge in [-0.2, -0.15) is 11.3 Å². The third-order valence-electron chi connectivity index (χ3n) is 7.07. The Bertz CT molecular complexity index is 1370. The Morgan fingerprint density at radius 3 is 2.53 bits per heavy atom. The molecule has 1 saturated heterocycles. The standard InChI is InChI=1S/C29H33N5O3S/c1-33-10-12-34(13-11-33)9-3-14-37-26-17-24-23(16-25(26)36-2)28(32-19-31-24)21-6-4-20(5-7-21)27(29(30)35)22-8-15-38-18-22/h4-8,15-19,27H,3,9-14H2,1-2H3,(H2,30,35). The highest BCUT2D eigenvalue weighted by Gasteiger charge is 2.21. The molecule has 0 bridgehead atoms. The van der Waals surface area contributed by atoms with E-state index in [4.69, 9.17) is 15.2 Å². The predicted molar refractivity (Wildman–Crippen MR) is 151 cm³/mol. The first kappa shape index (κ1) is 26.1. The lowest BCUT2D eigenvalue weighted by molar-refractivity contribution is -0.118. The van der Waals surface area contributed by atoms with Crippen LogP contribution in [0.2, 0.25) is 0 Å². The van der Waals surface area contributed by atoms with Gasteiger partial charge in [0.15, 0.2) is 11.5 Å². The lowest BCUT2D eigenvalue weighted by Crippen LogP contribution is -2.44. The molecule has 198 valence electrons. The van der Waals surface area contributed by atoms with Crippen molar-refractivity contribution < 1.29 is 14.3 Å². The highest BCUT2D eigenvalue weighted by atomic mass is 32.1. The van der Waals surface area contributed by atoms with E-state index >= 15 is 0 Å². The van der Waals surface area contributed by atoms with E-state index in [1.54, 1.807) is 24.8 Å². The smallest absolute Gasteiger partial charge is 0.229 e. The number of nitrogens with zero attached hydrogens (tertiary/aromatic N) is 4. The first-order valence-corrected chi connectivity index (χ1v) is 13.8. The SMILES string of the molecule is COc1cc2c(-c3ccc(C(C(N)=O)c4ccsc4)cc3)ncnc2cc1OCCCN1CCN(C)CC1. The van der Waals surface area contributed by atoms with Crippen LogP contribution in [-0.2, 0) is 4.79 Å². The number of hydrogen-bond acceptors (Lipinski definition) is 8. The molecule has 0 radical (unpaired) electrons. The first-order valence-electron chi connectivity index (χ1n) is 12.8. The second kappa shape index (κ2) is 11.9. The van der Waals surface area contributed by atoms with Crippen LogP contribution in [0.25, 0.3) is 22.2 Å². The zero-order chi connectivity index (χ0) is 26.5. The van der Waals surface area contributed by atoms with Crippen molar-refractivity contribution in [2.24, 2.45) is 5.73 Å². The van der Waals surface area contributed by atoms with Crippen molar-refractivity contribution in [3.05, 3.63) is 70.7 Å². The van der Waals surface area contributed by atoms with Gasteiger partial charge in [0.2, 0.25) is 5.91 Å². The molecule has 2 aromatic heterocycles. The van der Waals surface area contributed by atoms with Crippen molar-refractivity contribution in [1.82, 2.24) is 19.8 Å². The molecule has 9 heteroatoms. The van der Waals surface area contributed by atoms with Crippen molar-refractivity contribution in [3.63, 3.8) is 0 Å². The summed E-state index contributed by atoms with van der Waals surface area (Å²) in [6.45, 7) is 6.07. The number of amides is 1. The Labute approximate surface area is 227 Å². The van der Waals surface area contributed by atoms with Crippen LogP contribution in [-0.4, -0.2) is 79.2 Å². The largest absolute Gasteiger partial charge is 0.493 e. The van der Waals surface area contributed by atoms with E-state index in [9.17, 15) is 4.79 Å². The van der Waals surface area contributed by atoms with E-state index in [1.807, 2.05) is 53.2 Å². The fraction of sp³-hybridized carbons (Fsp3) is 0.345. The number of carbonyl (C=O) groups is 1. The van der Waals surface area contributed by atoms with Gasteiger partial charge in [-0.1, -0.05) is 24.3 Å². The Morgan fingerprint density at radius 2 is 1.84 bits per heavy atom. The van der Waals surface area contributed by atoms with Crippen LogP contribution >= 0.6 is 11.3 Å². The summed E-state index contributed by atoms with van der Waals surface area (Å²) in [7, 11) is 3.81. The lowest BCUT2D eigenvalue weighted by atomic mass is 9.91. The van der Waals surface area contributed by atoms with E-state index in [0.29, 0.717) is 18.1 Å². The average Bonchev–Trinajstić information content (AvgIpc) is 3.46. The molecular weight excluding hydrogens is 498 g/mol. The number of nitrogens with two attached hydrogens (primary N) is 1. The van der Waals surface area contributed by atoms with Gasteiger partial charge in [0.1, 0.15) is 6.33 Å². The maximum absolute atomic E-state index is 12.2. The zero-order valence-corrected chi connectivity index (χ0v) is 22.6. The summed E-state index contributed by atoms with van der Waals surface area (Å²) in [5, 5.41) is 4.77. The number of likely N-dealkylation sites (N-methyl/N-ethyl adjacent to an activating group) is 1. The topological polar surface area (TPSA) is 93.8 Å². The fourth-order valence-electron chi connectivity index (χ4n) is 4.90. The Kier molecular flexibility index (Phi) is 8.17. The zero-order valence-electron chi connectivity index (χ0n) is 21.8. The molecule has 1 amide bonds. The monoisotopic (exact) mass is 531 g/mol. The quantitative estimate of drug-likeness (QED) is 0.309. The highest BCUT2D eigenvalue weighted by Crippen LogP contribution is 2.36. The number of methoxy groups -OCH3 is 1. The van der Waals surface area contributed by atoms with Crippen LogP contribution in [0.1, 0.15) is 23.5 Å². The molecule has 38 heavy (non-hydrogen) atoms. The fourth-order valence-corrected chi connectivity index (χ4v) is 5.59. The Balaban J connectivity index is 1.33. The van der Waals surface area contributed by atoms with Crippen LogP contribution < -0.4 is 15.2 Å². The third kappa shape index (κ3) is 5.80. The molecule has 2 N–H and O–H groups in total. The van der Waals surface area contributed by atoms with E-state index < -0.39 is 5.92 Å². The minimum absolute atomic E-state index is 0.371. The number of thiophene rings is 1. The predicted octanol–water partition coefficient (Wildman–Crippen LogP) is 4.00. The number of hydrogen-bond donors (Lipinski definition) is 1. The number of benzene rings is 2. The van der Waals surface area contributed by atoms with Gasteiger partial charge in [-0.25, -0.2) is 9.97 Å². The molecule has 8 nitrogen and oxygen atoms in total. The summed E-state index contributed by atoms with van der Waals surface area (Å²) < 4.78 is 11.8. The number of piperazine rings is 1. The summed E-state index contributed by atoms with van der Waals surface area (Å²) in [5.41, 5.74) is 9.97. The molecule has 1 aliphatic rings. The maximum Gasteiger partial charge on any atom is 0.229 e. The lowest BCUT2D eigenvalue weighted by Gasteiger charge is -2.32. The van der Waals surface area contributed by atoms with E-state index in [2.05, 4.69) is 26.8 Å². The van der Waals surface area contributed by atoms with E-state index in [-0.39, 0.29) is 5.91 Å². The Hall–Kier alpha value is -3.53. The molecule has 2 aromatic carbocycles. The molecule has 3 heterocycles. The molecule has 0 spiro atoms. The number of ether oxygens (including phenoxy) is 2. The van der Waals surface area contributed by atoms with Crippen LogP contribution in [0.15, 0.2) is 59.6 Å². The van der Waals surface area contributed by atoms with Gasteiger partial charge in [0.25, 0.3) is 0 Å². The van der Waals surface area contributed by atoms with Gasteiger partial charge in [-0.15, -0.1) is 0 Å². The van der Waals surface area contributed by atoms with Crippen molar-refractivity contribution in [2.75, 3.05) is 53.5 Å². The molecule has 5 rings (SSSR count). The second-order valence-corrected chi connectivity index (χ2v) is 10.4. The minimum Gasteiger partial charge on any atom is -0.493 e. The number of rotatable bonds is 10. The molecule has 1 aliphatic heterocycles. The van der Waals surface area contributed by atoms with Gasteiger partial charge >= 0.3 is 0 Å². The summed E-state index contributed by atoms with van der Waals surface area (Å²) in [6.07, 6.45) is 2.51. The second-order valence-electron chi connectivity index (χ2n) is 9.60. The molecule has 1 fully saturated rings. The van der Waals surface area contributed by atoms with Gasteiger partial charge in [-0.3, -0.25) is 4.79 Å². The average molecular weight is 532 g/mol. The van der Waals surface area contributed by atoms with E-state index in [1.165, 1.54) is 0 Å². The molecule has 1 atom stereocenters. The summed E-state index contributed by atoms with van der Waals surface area (Å²) >= 11 is 1.55. The van der Waals surface area contributed by atoms with Gasteiger partial charge in [0, 0.05) is 49.7 Å². The molecular formula is C29H33N5O3S. The van der Waals surface area contributed by atoms with Crippen LogP contribution in [0.3, 0.4) is 0 Å². The molecule has 0 aliphatic carbocycles. The maximum atomic E-state index is 12.2. The van der Waals surface area contributed by atoms with Gasteiger partial charge in [-0.05, 0) is 47.5 Å². The number of fused-ring (bicyclic) bond motifs is 1. The summed E-state index contributed by atoms with van der Waals surface area (Å²) in [5.74, 6) is 0.479. The van der Waals surface area contributed by atoms with Crippen LogP contribution in [0.4, 0.5) is 0 Å². The van der Waals surface area contributed by atoms with Crippen LogP contribution in [0.5, 0.6) is 11.5 Å². The number of carbonyl (C=O) groups excluding carboxylic acids is 1. The van der Waals surface area contributed by atoms with Gasteiger partial charge in [0.05, 0.1) is 30.8 Å². The van der Waals surface area contributed by atoms with Crippen molar-refractivity contribution in [2.45, 2.75) is 12.3 Å². The molecule has 1 unspecified atom stereocenters. The number of aromatic nitrogens is 2. The normalized spacial score (nSPS) is 15.4. The van der Waals surface area contributed by atoms with Crippen molar-refractivity contribution >= 4 is 28.1 Å². The summed E-state index contributed by atoms with van der Waals surface area (Å²) in [6, 6.07) is 13.6. The Morgan fingerprint density at radius 1 is 1.05 bits per heavy atom. The summed E-state index contributed by atoms with van der Waals surface area (Å²) in [4.78, 5) is 26.1. The number of primary amides is 1.